The van der Waals surface area contributed by atoms with Crippen molar-refractivity contribution in [1.29, 1.82) is 0 Å². The third kappa shape index (κ3) is 4.21. The van der Waals surface area contributed by atoms with E-state index in [1.165, 1.54) is 0 Å². The van der Waals surface area contributed by atoms with Gasteiger partial charge in [-0.3, -0.25) is 4.72 Å². The third-order valence-corrected chi connectivity index (χ3v) is 8.70. The second-order valence-electron chi connectivity index (χ2n) is 8.68. The average Bonchev–Trinajstić information content (AvgIpc) is 3.30. The first-order valence-electron chi connectivity index (χ1n) is 11.0. The van der Waals surface area contributed by atoms with Crippen molar-refractivity contribution in [2.75, 3.05) is 17.1 Å². The lowest BCUT2D eigenvalue weighted by atomic mass is 9.77. The summed E-state index contributed by atoms with van der Waals surface area (Å²) in [6, 6.07) is 16.5. The Kier molecular flexibility index (Phi) is 6.12. The second kappa shape index (κ2) is 8.95. The zero-order valence-corrected chi connectivity index (χ0v) is 21.8. The number of nitrogens with one attached hydrogen (secondary N) is 2. The number of hydrogen-bond donors (Lipinski definition) is 2. The Morgan fingerprint density at radius 3 is 2.68 bits per heavy atom. The first kappa shape index (κ1) is 23.3. The van der Waals surface area contributed by atoms with E-state index < -0.39 is 10.0 Å². The fourth-order valence-electron chi connectivity index (χ4n) is 4.94. The topological polar surface area (TPSA) is 67.4 Å². The molecule has 8 heteroatoms. The monoisotopic (exact) mass is 558 g/mol. The van der Waals surface area contributed by atoms with Gasteiger partial charge in [-0.2, -0.15) is 0 Å². The van der Waals surface area contributed by atoms with Crippen LogP contribution in [-0.4, -0.2) is 15.5 Å². The van der Waals surface area contributed by atoms with E-state index in [1.807, 2.05) is 25.1 Å². The molecule has 34 heavy (non-hydrogen) atoms. The van der Waals surface area contributed by atoms with Crippen LogP contribution in [0.2, 0.25) is 5.02 Å². The predicted molar refractivity (Wildman–Crippen MR) is 140 cm³/mol. The van der Waals surface area contributed by atoms with Crippen LogP contribution in [0.3, 0.4) is 0 Å². The number of sulfonamides is 1. The summed E-state index contributed by atoms with van der Waals surface area (Å²) in [6.45, 7) is 1.82. The molecule has 5 nitrogen and oxygen atoms in total. The molecule has 3 atom stereocenters. The molecule has 0 saturated heterocycles. The van der Waals surface area contributed by atoms with Gasteiger partial charge in [0, 0.05) is 26.7 Å². The number of halogens is 2. The van der Waals surface area contributed by atoms with E-state index in [-0.39, 0.29) is 22.8 Å². The van der Waals surface area contributed by atoms with E-state index in [0.717, 1.165) is 39.0 Å². The van der Waals surface area contributed by atoms with Crippen molar-refractivity contribution >= 4 is 48.9 Å². The lowest BCUT2D eigenvalue weighted by molar-refractivity contribution is 0.381. The zero-order chi connectivity index (χ0) is 24.0. The van der Waals surface area contributed by atoms with Gasteiger partial charge in [-0.1, -0.05) is 39.7 Å². The van der Waals surface area contributed by atoms with Crippen LogP contribution in [-0.2, 0) is 10.0 Å². The Labute approximate surface area is 213 Å². The highest BCUT2D eigenvalue weighted by Crippen LogP contribution is 2.51. The van der Waals surface area contributed by atoms with Gasteiger partial charge in [0.15, 0.2) is 0 Å². The van der Waals surface area contributed by atoms with E-state index in [4.69, 9.17) is 16.3 Å². The van der Waals surface area contributed by atoms with Crippen molar-refractivity contribution in [1.82, 2.24) is 0 Å². The summed E-state index contributed by atoms with van der Waals surface area (Å²) in [7, 11) is -2.08. The van der Waals surface area contributed by atoms with Crippen molar-refractivity contribution in [3.8, 4) is 5.75 Å². The number of methoxy groups -OCH3 is 1. The second-order valence-corrected chi connectivity index (χ2v) is 11.7. The van der Waals surface area contributed by atoms with E-state index >= 15 is 0 Å². The first-order valence-corrected chi connectivity index (χ1v) is 13.6. The number of anilines is 2. The van der Waals surface area contributed by atoms with Crippen LogP contribution >= 0.6 is 27.5 Å². The molecule has 0 aromatic heterocycles. The summed E-state index contributed by atoms with van der Waals surface area (Å²) >= 11 is 9.60. The Hall–Kier alpha value is -2.48. The normalized spacial score (nSPS) is 20.9. The van der Waals surface area contributed by atoms with Gasteiger partial charge in [0.2, 0.25) is 0 Å². The van der Waals surface area contributed by atoms with Crippen LogP contribution < -0.4 is 14.8 Å². The van der Waals surface area contributed by atoms with Crippen molar-refractivity contribution < 1.29 is 13.2 Å². The summed E-state index contributed by atoms with van der Waals surface area (Å²) < 4.78 is 35.8. The molecule has 176 valence electrons. The van der Waals surface area contributed by atoms with Gasteiger partial charge in [-0.05, 0) is 85.0 Å². The molecule has 3 aromatic carbocycles. The lowest BCUT2D eigenvalue weighted by Gasteiger charge is -2.38. The molecule has 1 aliphatic carbocycles. The maximum Gasteiger partial charge on any atom is 0.261 e. The Morgan fingerprint density at radius 1 is 1.09 bits per heavy atom. The first-order chi connectivity index (χ1) is 16.3. The molecule has 5 rings (SSSR count). The van der Waals surface area contributed by atoms with Crippen molar-refractivity contribution in [3.05, 3.63) is 92.9 Å². The molecule has 2 aliphatic rings. The van der Waals surface area contributed by atoms with Crippen molar-refractivity contribution in [2.24, 2.45) is 5.92 Å². The van der Waals surface area contributed by atoms with Crippen LogP contribution in [0.5, 0.6) is 5.75 Å². The number of fused-ring (bicyclic) bond motifs is 3. The van der Waals surface area contributed by atoms with E-state index in [2.05, 4.69) is 44.2 Å². The summed E-state index contributed by atoms with van der Waals surface area (Å²) in [5, 5.41) is 4.23. The van der Waals surface area contributed by atoms with E-state index in [0.29, 0.717) is 10.7 Å². The molecule has 0 spiro atoms. The Bertz CT molecular complexity index is 1410. The smallest absolute Gasteiger partial charge is 0.261 e. The molecule has 0 unspecified atom stereocenters. The number of allylic oxidation sites excluding steroid dienone is 2. The predicted octanol–water partition coefficient (Wildman–Crippen LogP) is 7.05. The van der Waals surface area contributed by atoms with E-state index in [1.54, 1.807) is 37.4 Å². The molecule has 1 heterocycles. The minimum Gasteiger partial charge on any atom is -0.496 e. The highest BCUT2D eigenvalue weighted by molar-refractivity contribution is 9.10. The quantitative estimate of drug-likeness (QED) is 0.329. The lowest BCUT2D eigenvalue weighted by Crippen LogP contribution is -2.29. The number of rotatable bonds is 5. The SMILES string of the molecule is COc1ccc(Br)cc1[C@H]1Nc2ccc(S(=O)(=O)Nc3ccc(Cl)cc3C)cc2[C@H]2C=CC[C@H]21. The fraction of sp³-hybridized carbons (Fsp3) is 0.231. The summed E-state index contributed by atoms with van der Waals surface area (Å²) in [4.78, 5) is 0.236. The molecule has 0 saturated carbocycles. The molecule has 0 amide bonds. The van der Waals surface area contributed by atoms with Gasteiger partial charge in [-0.25, -0.2) is 8.42 Å². The third-order valence-electron chi connectivity index (χ3n) is 6.60. The van der Waals surface area contributed by atoms with Gasteiger partial charge < -0.3 is 10.1 Å². The highest BCUT2D eigenvalue weighted by Gasteiger charge is 2.39. The van der Waals surface area contributed by atoms with Gasteiger partial charge >= 0.3 is 0 Å². The minimum atomic E-state index is -3.76. The number of aryl methyl sites for hydroxylation is 1. The number of benzene rings is 3. The molecule has 0 radical (unpaired) electrons. The standard InChI is InChI=1S/C26H24BrClN2O3S/c1-15-12-17(28)7-9-23(15)30-34(31,32)18-8-10-24-21(14-18)19-4-3-5-20(19)26(29-24)22-13-16(27)6-11-25(22)33-2/h3-4,6-14,19-20,26,29-30H,5H2,1-2H3/t19-,20+,26-/m0/s1. The van der Waals surface area contributed by atoms with Crippen LogP contribution in [0, 0.1) is 12.8 Å². The highest BCUT2D eigenvalue weighted by atomic mass is 79.9. The summed E-state index contributed by atoms with van der Waals surface area (Å²) in [5.41, 5.74) is 4.28. The van der Waals surface area contributed by atoms with Gasteiger partial charge in [0.25, 0.3) is 10.0 Å². The van der Waals surface area contributed by atoms with Gasteiger partial charge in [0.1, 0.15) is 5.75 Å². The van der Waals surface area contributed by atoms with Crippen molar-refractivity contribution in [2.45, 2.75) is 30.2 Å². The van der Waals surface area contributed by atoms with Gasteiger partial charge in [-0.15, -0.1) is 0 Å². The van der Waals surface area contributed by atoms with Crippen LogP contribution in [0.15, 0.2) is 76.1 Å². The number of hydrogen-bond acceptors (Lipinski definition) is 4. The van der Waals surface area contributed by atoms with Crippen LogP contribution in [0.4, 0.5) is 11.4 Å². The largest absolute Gasteiger partial charge is 0.496 e. The Balaban J connectivity index is 1.51. The maximum atomic E-state index is 13.2. The molecule has 3 aromatic rings. The molecule has 0 fully saturated rings. The van der Waals surface area contributed by atoms with Gasteiger partial charge in [0.05, 0.1) is 23.7 Å². The zero-order valence-electron chi connectivity index (χ0n) is 18.7. The van der Waals surface area contributed by atoms with Crippen LogP contribution in [0.1, 0.15) is 35.1 Å². The molecular weight excluding hydrogens is 536 g/mol. The number of ether oxygens (including phenoxy) is 1. The summed E-state index contributed by atoms with van der Waals surface area (Å²) in [5.74, 6) is 1.19. The molecular formula is C26H24BrClN2O3S. The molecule has 1 aliphatic heterocycles. The summed E-state index contributed by atoms with van der Waals surface area (Å²) in [6.07, 6.45) is 5.27. The van der Waals surface area contributed by atoms with Crippen molar-refractivity contribution in [3.63, 3.8) is 0 Å². The van der Waals surface area contributed by atoms with Crippen LogP contribution in [0.25, 0.3) is 0 Å². The average molecular weight is 560 g/mol. The molecule has 0 bridgehead atoms. The maximum absolute atomic E-state index is 13.2. The molecule has 2 N–H and O–H groups in total. The Morgan fingerprint density at radius 2 is 1.91 bits per heavy atom. The van der Waals surface area contributed by atoms with E-state index in [9.17, 15) is 8.42 Å². The minimum absolute atomic E-state index is 0.0391. The fourth-order valence-corrected chi connectivity index (χ4v) is 6.71.